The van der Waals surface area contributed by atoms with Crippen LogP contribution in [0.4, 0.5) is 0 Å². The molecule has 0 fully saturated rings. The van der Waals surface area contributed by atoms with Crippen LogP contribution in [0.2, 0.25) is 0 Å². The maximum atomic E-state index is 10.3. The van der Waals surface area contributed by atoms with Crippen LogP contribution in [-0.4, -0.2) is 99.4 Å². The summed E-state index contributed by atoms with van der Waals surface area (Å²) in [5.74, 6) is -10.7. The number of carboxylic acids is 6. The van der Waals surface area contributed by atoms with Crippen molar-refractivity contribution in [2.24, 2.45) is 0 Å². The Bertz CT molecular complexity index is 814. The number of hydrogen-bond acceptors (Lipinski definition) is 13. The normalized spacial score (nSPS) is 11.3. The molecule has 8 N–H and O–H groups in total. The van der Waals surface area contributed by atoms with E-state index < -0.39 is 92.0 Å². The molecular formula is C12H16Na2O19S2. The van der Waals surface area contributed by atoms with Crippen LogP contribution in [0.3, 0.4) is 0 Å². The topological polar surface area (TPSA) is 362 Å². The van der Waals surface area contributed by atoms with Crippen LogP contribution >= 0.6 is 0 Å². The first-order valence-electron chi connectivity index (χ1n) is 7.33. The van der Waals surface area contributed by atoms with Crippen LogP contribution < -0.4 is 69.3 Å². The summed E-state index contributed by atoms with van der Waals surface area (Å²) in [5, 5.41) is 71.0. The summed E-state index contributed by atoms with van der Waals surface area (Å²) in [6, 6.07) is 0. The fourth-order valence-electron chi connectivity index (χ4n) is 1.41. The average molecular weight is 574 g/mol. The second-order valence-electron chi connectivity index (χ2n) is 5.56. The predicted octanol–water partition coefficient (Wildman–Crippen LogP) is -12.1. The van der Waals surface area contributed by atoms with Crippen LogP contribution in [0.1, 0.15) is 25.7 Å². The number of rotatable bonds is 11. The van der Waals surface area contributed by atoms with E-state index in [0.717, 1.165) is 0 Å². The quantitative estimate of drug-likeness (QED) is 0.0491. The molecule has 0 bridgehead atoms. The molecule has 192 valence electrons. The summed E-state index contributed by atoms with van der Waals surface area (Å²) >= 11 is 0. The van der Waals surface area contributed by atoms with Gasteiger partial charge in [0.05, 0.1) is 12.8 Å². The number of aliphatic hydroxyl groups is 2. The average Bonchev–Trinajstić information content (AvgIpc) is 2.51. The first kappa shape index (κ1) is 43.8. The summed E-state index contributed by atoms with van der Waals surface area (Å²) in [4.78, 5) is 60.7. The molecule has 19 nitrogen and oxygen atoms in total. The minimum atomic E-state index is -4.71. The maximum Gasteiger partial charge on any atom is 1.00 e. The van der Waals surface area contributed by atoms with Crippen LogP contribution in [0.5, 0.6) is 0 Å². The van der Waals surface area contributed by atoms with Crippen molar-refractivity contribution < 1.29 is 150 Å². The van der Waals surface area contributed by atoms with Gasteiger partial charge in [0, 0.05) is 24.8 Å². The number of carbonyl (C=O) groups is 6. The van der Waals surface area contributed by atoms with E-state index in [9.17, 15) is 51.6 Å². The van der Waals surface area contributed by atoms with E-state index in [2.05, 4.69) is 0 Å². The molecule has 0 aromatic rings. The zero-order valence-electron chi connectivity index (χ0n) is 17.7. The van der Waals surface area contributed by atoms with E-state index in [1.807, 2.05) is 0 Å². The summed E-state index contributed by atoms with van der Waals surface area (Å²) in [7, 11) is -7.87. The first-order valence-corrected chi connectivity index (χ1v) is 10.4. The van der Waals surface area contributed by atoms with Gasteiger partial charge >= 0.3 is 102 Å². The summed E-state index contributed by atoms with van der Waals surface area (Å²) in [5.41, 5.74) is -5.60. The third-order valence-corrected chi connectivity index (χ3v) is 4.18. The molecule has 0 spiro atoms. The van der Waals surface area contributed by atoms with Crippen LogP contribution in [-0.2, 0) is 48.0 Å². The molecule has 0 aliphatic carbocycles. The molecule has 35 heavy (non-hydrogen) atoms. The Labute approximate surface area is 240 Å². The monoisotopic (exact) mass is 574 g/mol. The van der Waals surface area contributed by atoms with Crippen molar-refractivity contribution in [2.45, 2.75) is 36.9 Å². The van der Waals surface area contributed by atoms with Gasteiger partial charge in [0.15, 0.2) is 11.2 Å². The molecule has 1 unspecified atom stereocenters. The van der Waals surface area contributed by atoms with E-state index in [0.29, 0.717) is 0 Å². The van der Waals surface area contributed by atoms with Gasteiger partial charge in [-0.25, -0.2) is 13.8 Å². The Kier molecular flexibility index (Phi) is 23.7. The number of aliphatic carboxylic acids is 6. The Balaban J connectivity index is -0.000000131. The minimum absolute atomic E-state index is 0. The van der Waals surface area contributed by atoms with Gasteiger partial charge < -0.3 is 50.4 Å². The van der Waals surface area contributed by atoms with Crippen molar-refractivity contribution in [2.75, 3.05) is 0 Å². The molecule has 0 heterocycles. The van der Waals surface area contributed by atoms with Gasteiger partial charge in [-0.2, -0.15) is 8.42 Å². The second kappa shape index (κ2) is 18.9. The zero-order chi connectivity index (χ0) is 27.4. The molecule has 0 aliphatic heterocycles. The minimum Gasteiger partial charge on any atom is -0.550 e. The SMILES string of the molecule is O=C(O)CC(O)(CC(=O)O)C(=O)O.O=C([O-])CC(O)(CC(=O)[O-])C(=O)O.O=S(O)S(=O)(=O)O.[Na+].[Na+]. The van der Waals surface area contributed by atoms with Crippen molar-refractivity contribution in [3.8, 4) is 0 Å². The second-order valence-corrected chi connectivity index (χ2v) is 8.97. The van der Waals surface area contributed by atoms with Crippen LogP contribution in [0.15, 0.2) is 0 Å². The molecule has 0 aromatic heterocycles. The maximum absolute atomic E-state index is 10.3. The molecule has 0 saturated heterocycles. The summed E-state index contributed by atoms with van der Waals surface area (Å²) < 4.78 is 43.0. The summed E-state index contributed by atoms with van der Waals surface area (Å²) in [6.07, 6.45) is -4.88. The molecule has 0 rings (SSSR count). The van der Waals surface area contributed by atoms with Crippen molar-refractivity contribution in [1.82, 2.24) is 0 Å². The standard InChI is InChI=1S/2C6H8O7.2Na.H2O5S2/c2*7-3(8)1-6(13,5(11)12)2-4(9)10;;;1-6(2)7(3,4)5/h2*13H,1-2H2,(H,7,8)(H,9,10)(H,11,12);;;(H,1,2)(H,3,4,5)/q;;2*+1;/p-2. The molecule has 0 aromatic carbocycles. The first-order chi connectivity index (χ1) is 14.5. The summed E-state index contributed by atoms with van der Waals surface area (Å²) in [6.45, 7) is 0. The molecule has 0 aliphatic rings. The smallest absolute Gasteiger partial charge is 0.550 e. The zero-order valence-corrected chi connectivity index (χ0v) is 23.3. The van der Waals surface area contributed by atoms with E-state index >= 15 is 0 Å². The van der Waals surface area contributed by atoms with Gasteiger partial charge in [-0.05, 0) is 0 Å². The van der Waals surface area contributed by atoms with Gasteiger partial charge in [-0.15, -0.1) is 0 Å². The van der Waals surface area contributed by atoms with Gasteiger partial charge in [0.2, 0.25) is 0 Å². The third-order valence-electron chi connectivity index (χ3n) is 2.74. The van der Waals surface area contributed by atoms with Crippen molar-refractivity contribution in [3.05, 3.63) is 0 Å². The van der Waals surface area contributed by atoms with Gasteiger partial charge in [-0.3, -0.25) is 18.7 Å². The van der Waals surface area contributed by atoms with E-state index in [1.165, 1.54) is 0 Å². The van der Waals surface area contributed by atoms with Gasteiger partial charge in [-0.1, -0.05) is 0 Å². The molecule has 0 amide bonds. The molecule has 1 atom stereocenters. The van der Waals surface area contributed by atoms with Crippen molar-refractivity contribution in [1.29, 1.82) is 0 Å². The van der Waals surface area contributed by atoms with Crippen molar-refractivity contribution in [3.63, 3.8) is 0 Å². The largest absolute Gasteiger partial charge is 1.00 e. The fourth-order valence-corrected chi connectivity index (χ4v) is 1.41. The Morgan fingerprint density at radius 1 is 0.686 bits per heavy atom. The molecule has 0 saturated carbocycles. The van der Waals surface area contributed by atoms with E-state index in [1.54, 1.807) is 0 Å². The number of carboxylic acid groups (broad SMARTS) is 6. The fraction of sp³-hybridized carbons (Fsp3) is 0.500. The predicted molar refractivity (Wildman–Crippen MR) is 91.2 cm³/mol. The van der Waals surface area contributed by atoms with E-state index in [4.69, 9.17) is 39.7 Å². The number of carbonyl (C=O) groups excluding carboxylic acids is 2. The molecular weight excluding hydrogens is 558 g/mol. The van der Waals surface area contributed by atoms with Gasteiger partial charge in [0.1, 0.15) is 0 Å². The van der Waals surface area contributed by atoms with Crippen LogP contribution in [0, 0.1) is 0 Å². The Morgan fingerprint density at radius 3 is 1.00 bits per heavy atom. The Hall–Kier alpha value is -1.24. The third kappa shape index (κ3) is 22.9. The van der Waals surface area contributed by atoms with Gasteiger partial charge in [0.25, 0.3) is 0 Å². The van der Waals surface area contributed by atoms with E-state index in [-0.39, 0.29) is 59.1 Å². The molecule has 23 heteroatoms. The van der Waals surface area contributed by atoms with Crippen LogP contribution in [0.25, 0.3) is 0 Å². The van der Waals surface area contributed by atoms with Crippen molar-refractivity contribution >= 4 is 55.1 Å². The molecule has 0 radical (unpaired) electrons. The number of hydrogen-bond donors (Lipinski definition) is 8. The Morgan fingerprint density at radius 2 is 0.886 bits per heavy atom.